The van der Waals surface area contributed by atoms with Gasteiger partial charge in [0.05, 0.1) is 38.3 Å². The Morgan fingerprint density at radius 3 is 2.47 bits per heavy atom. The van der Waals surface area contributed by atoms with Crippen molar-refractivity contribution in [3.05, 3.63) is 83.3 Å². The highest BCUT2D eigenvalue weighted by atomic mass is 16.5. The number of carbonyl (C=O) groups is 2. The van der Waals surface area contributed by atoms with E-state index in [0.29, 0.717) is 23.5 Å². The maximum Gasteiger partial charge on any atom is 0.337 e. The monoisotopic (exact) mass is 491 g/mol. The van der Waals surface area contributed by atoms with Gasteiger partial charge in [-0.1, -0.05) is 18.2 Å². The van der Waals surface area contributed by atoms with E-state index >= 15 is 0 Å². The topological polar surface area (TPSA) is 84.2 Å². The Morgan fingerprint density at radius 2 is 1.83 bits per heavy atom. The third kappa shape index (κ3) is 6.26. The molecule has 1 aliphatic heterocycles. The molecule has 1 N–H and O–H groups in total. The molecule has 1 fully saturated rings. The summed E-state index contributed by atoms with van der Waals surface area (Å²) < 4.78 is 15.8. The van der Waals surface area contributed by atoms with Crippen LogP contribution in [0.4, 0.5) is 10.5 Å². The van der Waals surface area contributed by atoms with E-state index in [2.05, 4.69) is 10.2 Å². The van der Waals surface area contributed by atoms with Crippen LogP contribution in [0, 0.1) is 6.92 Å². The van der Waals surface area contributed by atoms with Gasteiger partial charge in [0.2, 0.25) is 0 Å². The Morgan fingerprint density at radius 1 is 1.08 bits per heavy atom. The van der Waals surface area contributed by atoms with Crippen LogP contribution < -0.4 is 10.1 Å². The van der Waals surface area contributed by atoms with Crippen LogP contribution in [-0.2, 0) is 17.8 Å². The highest BCUT2D eigenvalue weighted by Gasteiger charge is 2.29. The Kier molecular flexibility index (Phi) is 8.28. The molecule has 0 aliphatic carbocycles. The molecule has 190 valence electrons. The first kappa shape index (κ1) is 25.3. The quantitative estimate of drug-likeness (QED) is 0.442. The van der Waals surface area contributed by atoms with Crippen molar-refractivity contribution in [3.63, 3.8) is 0 Å². The summed E-state index contributed by atoms with van der Waals surface area (Å²) in [6.45, 7) is 4.89. The first-order valence-corrected chi connectivity index (χ1v) is 12.1. The Balaban J connectivity index is 1.41. The maximum absolute atomic E-state index is 13.5. The fourth-order valence-electron chi connectivity index (χ4n) is 4.56. The number of likely N-dealkylation sites (tertiary alicyclic amines) is 1. The summed E-state index contributed by atoms with van der Waals surface area (Å²) in [5.74, 6) is 1.04. The number of urea groups is 1. The second kappa shape index (κ2) is 11.8. The van der Waals surface area contributed by atoms with E-state index in [1.165, 1.54) is 7.11 Å². The highest BCUT2D eigenvalue weighted by molar-refractivity contribution is 5.91. The number of nitrogens with zero attached hydrogens (tertiary/aromatic N) is 2. The summed E-state index contributed by atoms with van der Waals surface area (Å²) in [5, 5.41) is 3.05. The van der Waals surface area contributed by atoms with Crippen LogP contribution in [0.15, 0.2) is 65.3 Å². The van der Waals surface area contributed by atoms with Gasteiger partial charge in [0.1, 0.15) is 11.5 Å². The van der Waals surface area contributed by atoms with E-state index < -0.39 is 0 Å². The molecule has 0 saturated carbocycles. The van der Waals surface area contributed by atoms with E-state index in [4.69, 9.17) is 13.9 Å². The molecule has 1 aromatic heterocycles. The summed E-state index contributed by atoms with van der Waals surface area (Å²) in [6, 6.07) is 16.9. The van der Waals surface area contributed by atoms with Crippen molar-refractivity contribution in [3.8, 4) is 5.75 Å². The SMILES string of the molecule is COC(=O)c1ccc(CN2CCC(N(Cc3ccco3)C(=O)Nc3cc(C)ccc3OC)CC2)cc1. The van der Waals surface area contributed by atoms with Crippen LogP contribution in [0.1, 0.15) is 40.1 Å². The number of carbonyl (C=O) groups excluding carboxylic acids is 2. The van der Waals surface area contributed by atoms with Gasteiger partial charge in [0, 0.05) is 25.7 Å². The third-order valence-electron chi connectivity index (χ3n) is 6.54. The normalized spacial score (nSPS) is 14.3. The van der Waals surface area contributed by atoms with Crippen LogP contribution >= 0.6 is 0 Å². The molecule has 1 aliphatic rings. The first-order valence-electron chi connectivity index (χ1n) is 12.1. The van der Waals surface area contributed by atoms with Gasteiger partial charge in [-0.3, -0.25) is 4.90 Å². The van der Waals surface area contributed by atoms with Gasteiger partial charge < -0.3 is 24.1 Å². The standard InChI is InChI=1S/C28H33N3O5/c1-20-6-11-26(34-2)25(17-20)29-28(33)31(19-24-5-4-16-36-24)23-12-14-30(15-13-23)18-21-7-9-22(10-8-21)27(32)35-3/h4-11,16-17,23H,12-15,18-19H2,1-3H3,(H,29,33). The summed E-state index contributed by atoms with van der Waals surface area (Å²) >= 11 is 0. The number of aryl methyl sites for hydroxylation is 1. The number of hydrogen-bond acceptors (Lipinski definition) is 6. The molecule has 0 atom stereocenters. The molecule has 0 unspecified atom stereocenters. The lowest BCUT2D eigenvalue weighted by Gasteiger charge is -2.38. The molecular formula is C28H33N3O5. The number of benzene rings is 2. The zero-order chi connectivity index (χ0) is 25.5. The molecule has 2 amide bonds. The maximum atomic E-state index is 13.5. The second-order valence-electron chi connectivity index (χ2n) is 9.04. The van der Waals surface area contributed by atoms with Crippen molar-refractivity contribution in [2.75, 3.05) is 32.6 Å². The van der Waals surface area contributed by atoms with Gasteiger partial charge >= 0.3 is 12.0 Å². The van der Waals surface area contributed by atoms with Crippen LogP contribution in [0.2, 0.25) is 0 Å². The van der Waals surface area contributed by atoms with E-state index in [0.717, 1.165) is 49.4 Å². The molecule has 0 bridgehead atoms. The lowest BCUT2D eigenvalue weighted by Crippen LogP contribution is -2.48. The van der Waals surface area contributed by atoms with Crippen molar-refractivity contribution < 1.29 is 23.5 Å². The van der Waals surface area contributed by atoms with Crippen LogP contribution in [0.3, 0.4) is 0 Å². The zero-order valence-electron chi connectivity index (χ0n) is 21.0. The number of furan rings is 1. The van der Waals surface area contributed by atoms with Crippen molar-refractivity contribution >= 4 is 17.7 Å². The molecule has 2 aromatic carbocycles. The Labute approximate surface area is 211 Å². The highest BCUT2D eigenvalue weighted by Crippen LogP contribution is 2.27. The number of ether oxygens (including phenoxy) is 2. The van der Waals surface area contributed by atoms with Gasteiger partial charge in [-0.25, -0.2) is 9.59 Å². The third-order valence-corrected chi connectivity index (χ3v) is 6.54. The van der Waals surface area contributed by atoms with Crippen LogP contribution in [0.25, 0.3) is 0 Å². The first-order chi connectivity index (χ1) is 17.5. The number of amides is 2. The second-order valence-corrected chi connectivity index (χ2v) is 9.04. The van der Waals surface area contributed by atoms with Gasteiger partial charge in [-0.05, 0) is 67.3 Å². The number of nitrogens with one attached hydrogen (secondary N) is 1. The minimum Gasteiger partial charge on any atom is -0.495 e. The van der Waals surface area contributed by atoms with E-state index in [1.807, 2.05) is 54.3 Å². The van der Waals surface area contributed by atoms with Crippen molar-refractivity contribution in [2.24, 2.45) is 0 Å². The molecule has 1 saturated heterocycles. The summed E-state index contributed by atoms with van der Waals surface area (Å²) in [5.41, 5.74) is 3.37. The zero-order valence-corrected chi connectivity index (χ0v) is 21.0. The largest absolute Gasteiger partial charge is 0.495 e. The number of methoxy groups -OCH3 is 2. The van der Waals surface area contributed by atoms with Crippen molar-refractivity contribution in [2.45, 2.75) is 38.9 Å². The van der Waals surface area contributed by atoms with Gasteiger partial charge in [0.15, 0.2) is 0 Å². The van der Waals surface area contributed by atoms with E-state index in [9.17, 15) is 9.59 Å². The lowest BCUT2D eigenvalue weighted by molar-refractivity contribution is 0.0600. The fraction of sp³-hybridized carbons (Fsp3) is 0.357. The number of hydrogen-bond donors (Lipinski definition) is 1. The minimum atomic E-state index is -0.333. The number of anilines is 1. The Hall–Kier alpha value is -3.78. The number of piperidine rings is 1. The van der Waals surface area contributed by atoms with Crippen molar-refractivity contribution in [1.82, 2.24) is 9.80 Å². The molecule has 8 nitrogen and oxygen atoms in total. The summed E-state index contributed by atoms with van der Waals surface area (Å²) in [6.07, 6.45) is 3.32. The van der Waals surface area contributed by atoms with Crippen LogP contribution in [0.5, 0.6) is 5.75 Å². The lowest BCUT2D eigenvalue weighted by atomic mass is 10.0. The molecule has 0 radical (unpaired) electrons. The smallest absolute Gasteiger partial charge is 0.337 e. The molecule has 0 spiro atoms. The predicted molar refractivity (Wildman–Crippen MR) is 137 cm³/mol. The average molecular weight is 492 g/mol. The number of esters is 1. The predicted octanol–water partition coefficient (Wildman–Crippen LogP) is 5.08. The summed E-state index contributed by atoms with van der Waals surface area (Å²) in [7, 11) is 2.98. The molecule has 2 heterocycles. The van der Waals surface area contributed by atoms with Gasteiger partial charge in [0.25, 0.3) is 0 Å². The Bertz CT molecular complexity index is 1150. The fourth-order valence-corrected chi connectivity index (χ4v) is 4.56. The molecule has 3 aromatic rings. The summed E-state index contributed by atoms with van der Waals surface area (Å²) in [4.78, 5) is 29.4. The van der Waals surface area contributed by atoms with Gasteiger partial charge in [-0.15, -0.1) is 0 Å². The molecule has 36 heavy (non-hydrogen) atoms. The number of rotatable bonds is 8. The van der Waals surface area contributed by atoms with E-state index in [-0.39, 0.29) is 18.0 Å². The minimum absolute atomic E-state index is 0.0730. The molecule has 4 rings (SSSR count). The average Bonchev–Trinajstić information content (AvgIpc) is 3.41. The van der Waals surface area contributed by atoms with Gasteiger partial charge in [-0.2, -0.15) is 0 Å². The van der Waals surface area contributed by atoms with E-state index in [1.54, 1.807) is 25.5 Å². The molecule has 8 heteroatoms. The van der Waals surface area contributed by atoms with Crippen LogP contribution in [-0.4, -0.2) is 55.2 Å². The molecular weight excluding hydrogens is 458 g/mol. The van der Waals surface area contributed by atoms with Crippen molar-refractivity contribution in [1.29, 1.82) is 0 Å².